The van der Waals surface area contributed by atoms with E-state index in [0.29, 0.717) is 0 Å². The predicted molar refractivity (Wildman–Crippen MR) is 177 cm³/mol. The van der Waals surface area contributed by atoms with Gasteiger partial charge in [-0.15, -0.1) is 0 Å². The van der Waals surface area contributed by atoms with E-state index >= 15 is 0 Å². The molecule has 4 aromatic rings. The maximum absolute atomic E-state index is 13.7. The van der Waals surface area contributed by atoms with Crippen LogP contribution in [0.5, 0.6) is 40.2 Å². The second-order valence-corrected chi connectivity index (χ2v) is 10.9. The van der Waals surface area contributed by atoms with E-state index in [1.807, 2.05) is 0 Å². The highest BCUT2D eigenvalue weighted by molar-refractivity contribution is 6.23. The third-order valence-corrected chi connectivity index (χ3v) is 7.25. The van der Waals surface area contributed by atoms with Gasteiger partial charge in [-0.2, -0.15) is 0 Å². The number of aliphatic carboxylic acids is 2. The first-order valence-corrected chi connectivity index (χ1v) is 14.8. The molecule has 15 heteroatoms. The molecule has 51 heavy (non-hydrogen) atoms. The first kappa shape index (κ1) is 36.7. The summed E-state index contributed by atoms with van der Waals surface area (Å²) in [6.07, 6.45) is -1.46. The zero-order valence-corrected chi connectivity index (χ0v) is 26.2. The normalized spacial score (nSPS) is 12.6. The second kappa shape index (κ2) is 15.8. The first-order valence-electron chi connectivity index (χ1n) is 14.8. The van der Waals surface area contributed by atoms with E-state index in [1.165, 1.54) is 36.4 Å². The van der Waals surface area contributed by atoms with Crippen LogP contribution in [-0.4, -0.2) is 82.0 Å². The third kappa shape index (κ3) is 9.48. The molecule has 0 spiro atoms. The molecule has 0 aromatic heterocycles. The molecule has 0 amide bonds. The number of phenolic OH excluding ortho intramolecular Hbond substituents is 7. The minimum absolute atomic E-state index is 0.0381. The van der Waals surface area contributed by atoms with Gasteiger partial charge < -0.3 is 55.4 Å². The van der Waals surface area contributed by atoms with Crippen LogP contribution in [0.25, 0.3) is 17.7 Å². The van der Waals surface area contributed by atoms with Gasteiger partial charge in [0.05, 0.1) is 5.57 Å². The maximum atomic E-state index is 13.7. The number of aromatic hydroxyl groups is 7. The number of carbonyl (C=O) groups is 4. The fourth-order valence-corrected chi connectivity index (χ4v) is 4.73. The zero-order chi connectivity index (χ0) is 37.4. The van der Waals surface area contributed by atoms with E-state index in [-0.39, 0.29) is 34.2 Å². The maximum Gasteiger partial charge on any atom is 0.345 e. The molecule has 0 aliphatic carbocycles. The molecule has 0 saturated carbocycles. The Morgan fingerprint density at radius 2 is 1.10 bits per heavy atom. The molecule has 0 bridgehead atoms. The van der Waals surface area contributed by atoms with Crippen molar-refractivity contribution in [1.82, 2.24) is 0 Å². The zero-order valence-electron chi connectivity index (χ0n) is 26.2. The van der Waals surface area contributed by atoms with Crippen LogP contribution in [0.15, 0.2) is 78.9 Å². The Kier molecular flexibility index (Phi) is 11.4. The number of rotatable bonds is 13. The third-order valence-electron chi connectivity index (χ3n) is 7.25. The highest BCUT2D eigenvalue weighted by atomic mass is 16.6. The average molecular weight is 703 g/mol. The van der Waals surface area contributed by atoms with Crippen LogP contribution in [0.1, 0.15) is 27.8 Å². The Labute approximate surface area is 288 Å². The summed E-state index contributed by atoms with van der Waals surface area (Å²) in [5.41, 5.74) is -0.341. The van der Waals surface area contributed by atoms with Crippen LogP contribution in [0, 0.1) is 0 Å². The van der Waals surface area contributed by atoms with Gasteiger partial charge in [0.25, 0.3) is 0 Å². The minimum Gasteiger partial charge on any atom is -0.507 e. The predicted octanol–water partition coefficient (Wildman–Crippen LogP) is 3.66. The van der Waals surface area contributed by atoms with Gasteiger partial charge >= 0.3 is 23.9 Å². The molecule has 0 aliphatic rings. The standard InChI is InChI=1S/C36H30O15/c37-23-8-4-18(13-27(23)41)12-22(36(49)51-31(35(47)48)17-20-6-10-25(39)29(43)15-20)33-21(2-1-3-26(33)40)7-11-32(44)50-30(34(45)46)16-19-5-9-24(38)28(42)14-19/h1-15,30-31,37-43H,16-17H2,(H,45,46)(H,47,48)/b11-7+,22-12?/t30-,31-/m1/s1. The van der Waals surface area contributed by atoms with Gasteiger partial charge in [-0.3, -0.25) is 0 Å². The van der Waals surface area contributed by atoms with Crippen molar-refractivity contribution in [3.8, 4) is 40.2 Å². The van der Waals surface area contributed by atoms with Gasteiger partial charge in [-0.1, -0.05) is 30.3 Å². The molecule has 2 atom stereocenters. The van der Waals surface area contributed by atoms with Crippen LogP contribution in [0.4, 0.5) is 0 Å². The highest BCUT2D eigenvalue weighted by Crippen LogP contribution is 2.35. The second-order valence-electron chi connectivity index (χ2n) is 10.9. The first-order chi connectivity index (χ1) is 24.1. The van der Waals surface area contributed by atoms with Crippen LogP contribution in [-0.2, 0) is 41.5 Å². The number of carboxylic acids is 2. The van der Waals surface area contributed by atoms with Crippen LogP contribution >= 0.6 is 0 Å². The number of carbonyl (C=O) groups excluding carboxylic acids is 2. The Balaban J connectivity index is 1.69. The van der Waals surface area contributed by atoms with E-state index < -0.39 is 88.3 Å². The van der Waals surface area contributed by atoms with E-state index in [1.54, 1.807) is 0 Å². The molecule has 0 saturated heterocycles. The Morgan fingerprint density at radius 3 is 1.61 bits per heavy atom. The molecule has 15 nitrogen and oxygen atoms in total. The molecular formula is C36H30O15. The molecule has 0 aliphatic heterocycles. The van der Waals surface area contributed by atoms with Gasteiger partial charge in [-0.25, -0.2) is 19.2 Å². The van der Waals surface area contributed by atoms with E-state index in [9.17, 15) is 65.1 Å². The smallest absolute Gasteiger partial charge is 0.345 e. The van der Waals surface area contributed by atoms with Gasteiger partial charge in [-0.05, 0) is 76.9 Å². The van der Waals surface area contributed by atoms with Crippen molar-refractivity contribution in [2.45, 2.75) is 25.0 Å². The minimum atomic E-state index is -1.86. The summed E-state index contributed by atoms with van der Waals surface area (Å²) in [5, 5.41) is 88.8. The lowest BCUT2D eigenvalue weighted by Gasteiger charge is -2.18. The molecule has 0 unspecified atom stereocenters. The van der Waals surface area contributed by atoms with Gasteiger partial charge in [0.15, 0.2) is 34.5 Å². The summed E-state index contributed by atoms with van der Waals surface area (Å²) in [6.45, 7) is 0. The van der Waals surface area contributed by atoms with Crippen LogP contribution < -0.4 is 0 Å². The van der Waals surface area contributed by atoms with Crippen molar-refractivity contribution in [1.29, 1.82) is 0 Å². The number of hydrogen-bond donors (Lipinski definition) is 9. The van der Waals surface area contributed by atoms with E-state index in [2.05, 4.69) is 0 Å². The lowest BCUT2D eigenvalue weighted by Crippen LogP contribution is -2.29. The number of carboxylic acid groups (broad SMARTS) is 2. The molecule has 4 rings (SSSR count). The fraction of sp³-hybridized carbons (Fsp3) is 0.111. The Hall–Kier alpha value is -7.16. The SMILES string of the molecule is O=C(/C=C/c1cccc(O)c1C(=Cc1ccc(O)c(O)c1)C(=O)O[C@H](Cc1ccc(O)c(O)c1)C(=O)O)O[C@H](Cc1ccc(O)c(O)c1)C(=O)O. The van der Waals surface area contributed by atoms with Crippen molar-refractivity contribution in [2.24, 2.45) is 0 Å². The summed E-state index contributed by atoms with van der Waals surface area (Å²) in [6, 6.07) is 14.3. The van der Waals surface area contributed by atoms with E-state index in [4.69, 9.17) is 9.47 Å². The molecule has 264 valence electrons. The van der Waals surface area contributed by atoms with Crippen molar-refractivity contribution in [3.05, 3.63) is 107 Å². The number of phenols is 7. The van der Waals surface area contributed by atoms with Crippen LogP contribution in [0.2, 0.25) is 0 Å². The van der Waals surface area contributed by atoms with Crippen molar-refractivity contribution >= 4 is 41.6 Å². The van der Waals surface area contributed by atoms with Crippen molar-refractivity contribution in [2.75, 3.05) is 0 Å². The average Bonchev–Trinajstić information content (AvgIpc) is 3.07. The van der Waals surface area contributed by atoms with Gasteiger partial charge in [0.1, 0.15) is 5.75 Å². The molecule has 4 aromatic carbocycles. The summed E-state index contributed by atoms with van der Waals surface area (Å²) in [4.78, 5) is 50.5. The van der Waals surface area contributed by atoms with Gasteiger partial charge in [0, 0.05) is 24.5 Å². The highest BCUT2D eigenvalue weighted by Gasteiger charge is 2.28. The molecular weight excluding hydrogens is 672 g/mol. The monoisotopic (exact) mass is 702 g/mol. The summed E-state index contributed by atoms with van der Waals surface area (Å²) < 4.78 is 10.4. The van der Waals surface area contributed by atoms with Crippen molar-refractivity contribution < 1.29 is 74.6 Å². The van der Waals surface area contributed by atoms with E-state index in [0.717, 1.165) is 54.6 Å². The topological polar surface area (TPSA) is 269 Å². The Bertz CT molecular complexity index is 2050. The van der Waals surface area contributed by atoms with Crippen LogP contribution in [0.3, 0.4) is 0 Å². The largest absolute Gasteiger partial charge is 0.507 e. The number of ether oxygens (including phenoxy) is 2. The number of esters is 2. The lowest BCUT2D eigenvalue weighted by atomic mass is 9.95. The molecule has 0 radical (unpaired) electrons. The number of hydrogen-bond acceptors (Lipinski definition) is 13. The lowest BCUT2D eigenvalue weighted by molar-refractivity contribution is -0.160. The quantitative estimate of drug-likeness (QED) is 0.0416. The Morgan fingerprint density at radius 1 is 0.588 bits per heavy atom. The summed E-state index contributed by atoms with van der Waals surface area (Å²) >= 11 is 0. The fourth-order valence-electron chi connectivity index (χ4n) is 4.73. The van der Waals surface area contributed by atoms with Crippen molar-refractivity contribution in [3.63, 3.8) is 0 Å². The summed E-state index contributed by atoms with van der Waals surface area (Å²) in [7, 11) is 0. The molecule has 0 fully saturated rings. The molecule has 9 N–H and O–H groups in total. The number of benzene rings is 4. The molecule has 0 heterocycles. The summed E-state index contributed by atoms with van der Waals surface area (Å²) in [5.74, 6) is -9.19. The van der Waals surface area contributed by atoms with Gasteiger partial charge in [0.2, 0.25) is 12.2 Å².